The van der Waals surface area contributed by atoms with E-state index in [0.29, 0.717) is 5.92 Å². The highest BCUT2D eigenvalue weighted by Gasteiger charge is 2.22. The van der Waals surface area contributed by atoms with Gasteiger partial charge in [0.1, 0.15) is 17.8 Å². The van der Waals surface area contributed by atoms with Crippen molar-refractivity contribution in [2.75, 3.05) is 18.0 Å². The lowest BCUT2D eigenvalue weighted by atomic mass is 9.99. The van der Waals surface area contributed by atoms with Crippen LogP contribution in [0.1, 0.15) is 25.3 Å². The largest absolute Gasteiger partial charge is 0.356 e. The lowest BCUT2D eigenvalue weighted by Crippen LogP contribution is -2.35. The molecule has 0 radical (unpaired) electrons. The van der Waals surface area contributed by atoms with E-state index in [9.17, 15) is 0 Å². The summed E-state index contributed by atoms with van der Waals surface area (Å²) in [5, 5.41) is 1.11. The van der Waals surface area contributed by atoms with Gasteiger partial charge in [0, 0.05) is 42.8 Å². The molecule has 1 atom stereocenters. The molecule has 1 saturated heterocycles. The highest BCUT2D eigenvalue weighted by atomic mass is 15.2. The van der Waals surface area contributed by atoms with Crippen molar-refractivity contribution in [3.63, 3.8) is 0 Å². The van der Waals surface area contributed by atoms with Crippen LogP contribution in [0.5, 0.6) is 0 Å². The molecule has 0 spiro atoms. The minimum atomic E-state index is 0.705. The number of hydrogen-bond acceptors (Lipinski definition) is 4. The van der Waals surface area contributed by atoms with E-state index < -0.39 is 0 Å². The molecule has 1 fully saturated rings. The third-order valence-corrected chi connectivity index (χ3v) is 4.59. The monoisotopic (exact) mass is 307 g/mol. The predicted octanol–water partition coefficient (Wildman–Crippen LogP) is 3.56. The van der Waals surface area contributed by atoms with Crippen LogP contribution in [0.2, 0.25) is 0 Å². The molecule has 0 amide bonds. The fourth-order valence-electron chi connectivity index (χ4n) is 3.50. The Balaban J connectivity index is 1.87. The van der Waals surface area contributed by atoms with Crippen LogP contribution < -0.4 is 4.90 Å². The number of H-pyrrole nitrogens is 1. The minimum Gasteiger partial charge on any atom is -0.356 e. The first-order chi connectivity index (χ1) is 11.2. The highest BCUT2D eigenvalue weighted by molar-refractivity contribution is 6.01. The van der Waals surface area contributed by atoms with E-state index in [1.165, 1.54) is 12.8 Å². The molecular weight excluding hydrogens is 286 g/mol. The number of nitrogens with zero attached hydrogens (tertiary/aromatic N) is 4. The van der Waals surface area contributed by atoms with Gasteiger partial charge < -0.3 is 9.88 Å². The molecule has 23 heavy (non-hydrogen) atoms. The number of pyridine rings is 1. The average molecular weight is 307 g/mol. The van der Waals surface area contributed by atoms with Crippen LogP contribution in [0.3, 0.4) is 0 Å². The van der Waals surface area contributed by atoms with E-state index in [4.69, 9.17) is 0 Å². The summed E-state index contributed by atoms with van der Waals surface area (Å²) in [6.45, 7) is 6.50. The molecule has 0 aromatic carbocycles. The zero-order chi connectivity index (χ0) is 15.8. The Labute approximate surface area is 135 Å². The third kappa shape index (κ3) is 2.56. The molecule has 3 aromatic rings. The molecular formula is C18H21N5. The second kappa shape index (κ2) is 5.65. The Morgan fingerprint density at radius 2 is 2.17 bits per heavy atom. The van der Waals surface area contributed by atoms with Crippen molar-refractivity contribution >= 4 is 16.9 Å². The molecule has 1 aliphatic rings. The molecule has 3 aromatic heterocycles. The van der Waals surface area contributed by atoms with Crippen molar-refractivity contribution in [3.8, 4) is 11.1 Å². The summed E-state index contributed by atoms with van der Waals surface area (Å²) in [6, 6.07) is 2.16. The highest BCUT2D eigenvalue weighted by Crippen LogP contribution is 2.35. The number of piperidine rings is 1. The van der Waals surface area contributed by atoms with Crippen molar-refractivity contribution in [2.24, 2.45) is 5.92 Å². The van der Waals surface area contributed by atoms with Gasteiger partial charge in [0.25, 0.3) is 0 Å². The second-order valence-electron chi connectivity index (χ2n) is 6.57. The molecule has 1 aliphatic heterocycles. The standard InChI is InChI=1S/C18H21N5/c1-12-4-3-5-23(10-12)18-16-15(9-20-17(16)21-11-22-18)14-6-13(2)7-19-8-14/h6-9,11-12H,3-5,10H2,1-2H3,(H,20,21,22). The van der Waals surface area contributed by atoms with Gasteiger partial charge in [-0.3, -0.25) is 4.98 Å². The lowest BCUT2D eigenvalue weighted by molar-refractivity contribution is 0.445. The van der Waals surface area contributed by atoms with Crippen molar-refractivity contribution < 1.29 is 0 Å². The first-order valence-electron chi connectivity index (χ1n) is 8.21. The van der Waals surface area contributed by atoms with Gasteiger partial charge in [0.05, 0.1) is 5.39 Å². The smallest absolute Gasteiger partial charge is 0.143 e. The number of fused-ring (bicyclic) bond motifs is 1. The average Bonchev–Trinajstić information content (AvgIpc) is 2.99. The van der Waals surface area contributed by atoms with Crippen molar-refractivity contribution in [1.29, 1.82) is 0 Å². The van der Waals surface area contributed by atoms with E-state index in [0.717, 1.165) is 46.6 Å². The maximum Gasteiger partial charge on any atom is 0.143 e. The molecule has 0 saturated carbocycles. The van der Waals surface area contributed by atoms with Crippen LogP contribution in [-0.4, -0.2) is 33.0 Å². The van der Waals surface area contributed by atoms with Crippen LogP contribution >= 0.6 is 0 Å². The molecule has 4 rings (SSSR count). The number of aromatic nitrogens is 4. The number of aryl methyl sites for hydroxylation is 1. The van der Waals surface area contributed by atoms with Crippen LogP contribution in [0, 0.1) is 12.8 Å². The normalized spacial score (nSPS) is 18.5. The van der Waals surface area contributed by atoms with Gasteiger partial charge in [-0.1, -0.05) is 6.92 Å². The fourth-order valence-corrected chi connectivity index (χ4v) is 3.50. The van der Waals surface area contributed by atoms with Gasteiger partial charge in [-0.2, -0.15) is 0 Å². The lowest BCUT2D eigenvalue weighted by Gasteiger charge is -2.32. The van der Waals surface area contributed by atoms with Crippen molar-refractivity contribution in [3.05, 3.63) is 36.5 Å². The first-order valence-corrected chi connectivity index (χ1v) is 8.21. The van der Waals surface area contributed by atoms with Crippen LogP contribution in [0.25, 0.3) is 22.2 Å². The molecule has 0 aliphatic carbocycles. The quantitative estimate of drug-likeness (QED) is 0.786. The van der Waals surface area contributed by atoms with E-state index in [2.05, 4.69) is 44.7 Å². The summed E-state index contributed by atoms with van der Waals surface area (Å²) in [6.07, 6.45) is 9.98. The number of rotatable bonds is 2. The van der Waals surface area contributed by atoms with Gasteiger partial charge in [-0.15, -0.1) is 0 Å². The fraction of sp³-hybridized carbons (Fsp3) is 0.389. The molecule has 118 valence electrons. The Morgan fingerprint density at radius 3 is 3.00 bits per heavy atom. The number of aromatic amines is 1. The van der Waals surface area contributed by atoms with Gasteiger partial charge in [-0.05, 0) is 37.3 Å². The van der Waals surface area contributed by atoms with Crippen LogP contribution in [-0.2, 0) is 0 Å². The Morgan fingerprint density at radius 1 is 1.26 bits per heavy atom. The van der Waals surface area contributed by atoms with Gasteiger partial charge in [0.15, 0.2) is 0 Å². The zero-order valence-electron chi connectivity index (χ0n) is 13.6. The van der Waals surface area contributed by atoms with Gasteiger partial charge in [0.2, 0.25) is 0 Å². The maximum atomic E-state index is 4.62. The third-order valence-electron chi connectivity index (χ3n) is 4.59. The van der Waals surface area contributed by atoms with Crippen molar-refractivity contribution in [1.82, 2.24) is 19.9 Å². The summed E-state index contributed by atoms with van der Waals surface area (Å²) < 4.78 is 0. The molecule has 1 unspecified atom stereocenters. The summed E-state index contributed by atoms with van der Waals surface area (Å²) in [7, 11) is 0. The topological polar surface area (TPSA) is 57.7 Å². The SMILES string of the molecule is Cc1cncc(-c2c[nH]c3ncnc(N4CCCC(C)C4)c23)c1. The maximum absolute atomic E-state index is 4.62. The molecule has 5 nitrogen and oxygen atoms in total. The molecule has 4 heterocycles. The summed E-state index contributed by atoms with van der Waals surface area (Å²) >= 11 is 0. The summed E-state index contributed by atoms with van der Waals surface area (Å²) in [4.78, 5) is 19.1. The Hall–Kier alpha value is -2.43. The number of anilines is 1. The predicted molar refractivity (Wildman–Crippen MR) is 92.5 cm³/mol. The molecule has 5 heteroatoms. The Kier molecular flexibility index (Phi) is 3.48. The number of hydrogen-bond donors (Lipinski definition) is 1. The molecule has 1 N–H and O–H groups in total. The van der Waals surface area contributed by atoms with E-state index in [1.807, 2.05) is 18.6 Å². The number of nitrogens with one attached hydrogen (secondary N) is 1. The summed E-state index contributed by atoms with van der Waals surface area (Å²) in [5.41, 5.74) is 4.29. The minimum absolute atomic E-state index is 0.705. The molecule has 0 bridgehead atoms. The summed E-state index contributed by atoms with van der Waals surface area (Å²) in [5.74, 6) is 1.75. The van der Waals surface area contributed by atoms with Gasteiger partial charge in [-0.25, -0.2) is 9.97 Å². The van der Waals surface area contributed by atoms with Crippen LogP contribution in [0.4, 0.5) is 5.82 Å². The van der Waals surface area contributed by atoms with Crippen LogP contribution in [0.15, 0.2) is 31.0 Å². The zero-order valence-corrected chi connectivity index (χ0v) is 13.6. The van der Waals surface area contributed by atoms with Crippen molar-refractivity contribution in [2.45, 2.75) is 26.7 Å². The second-order valence-corrected chi connectivity index (χ2v) is 6.57. The Bertz CT molecular complexity index is 838. The van der Waals surface area contributed by atoms with E-state index in [1.54, 1.807) is 6.33 Å². The van der Waals surface area contributed by atoms with E-state index >= 15 is 0 Å². The van der Waals surface area contributed by atoms with E-state index in [-0.39, 0.29) is 0 Å². The van der Waals surface area contributed by atoms with Gasteiger partial charge >= 0.3 is 0 Å². The first kappa shape index (κ1) is 14.2.